The second-order valence-corrected chi connectivity index (χ2v) is 18.6. The number of nitrogens with one attached hydrogen (secondary N) is 5. The molecule has 9 aromatic rings. The van der Waals surface area contributed by atoms with Crippen molar-refractivity contribution in [3.63, 3.8) is 0 Å². The van der Waals surface area contributed by atoms with Gasteiger partial charge in [0.05, 0.1) is 39.0 Å². The summed E-state index contributed by atoms with van der Waals surface area (Å²) in [6.07, 6.45) is 14.8. The monoisotopic (exact) mass is 872 g/mol. The molecule has 67 heavy (non-hydrogen) atoms. The first kappa shape index (κ1) is 39.3. The molecule has 6 aromatic heterocycles. The fraction of sp³-hybridized carbons (Fsp3) is 0.175. The molecule has 13 rings (SSSR count). The molecule has 4 aliphatic rings. The average molecular weight is 873 g/mol. The summed E-state index contributed by atoms with van der Waals surface area (Å²) in [4.78, 5) is 43.5. The zero-order valence-electron chi connectivity index (χ0n) is 37.9. The molecule has 0 saturated heterocycles. The van der Waals surface area contributed by atoms with Gasteiger partial charge in [-0.2, -0.15) is 0 Å². The summed E-state index contributed by atoms with van der Waals surface area (Å²) in [5, 5.41) is 3.69. The number of rotatable bonds is 2. The van der Waals surface area contributed by atoms with E-state index in [4.69, 9.17) is 24.9 Å². The van der Waals surface area contributed by atoms with Crippen LogP contribution in [0.3, 0.4) is 0 Å². The van der Waals surface area contributed by atoms with Crippen LogP contribution in [0.5, 0.6) is 0 Å². The van der Waals surface area contributed by atoms with E-state index in [0.717, 1.165) is 137 Å². The van der Waals surface area contributed by atoms with Crippen molar-refractivity contribution in [3.05, 3.63) is 172 Å². The van der Waals surface area contributed by atoms with E-state index < -0.39 is 0 Å². The van der Waals surface area contributed by atoms with Gasteiger partial charge >= 0.3 is 0 Å². The van der Waals surface area contributed by atoms with Gasteiger partial charge in [-0.3, -0.25) is 0 Å². The number of allylic oxidation sites excluding steroid dienone is 10. The smallest absolute Gasteiger partial charge is 0.120 e. The fourth-order valence-electron chi connectivity index (χ4n) is 10.4. The quantitative estimate of drug-likeness (QED) is 0.0869. The Morgan fingerprint density at radius 1 is 0.582 bits per heavy atom. The second kappa shape index (κ2) is 15.0. The summed E-state index contributed by atoms with van der Waals surface area (Å²) in [6.45, 7) is 13.3. The predicted molar refractivity (Wildman–Crippen MR) is 274 cm³/mol. The molecule has 10 heteroatoms. The highest BCUT2D eigenvalue weighted by Crippen LogP contribution is 2.42. The van der Waals surface area contributed by atoms with Crippen LogP contribution in [-0.4, -0.2) is 45.6 Å². The molecule has 1 unspecified atom stereocenters. The van der Waals surface area contributed by atoms with Gasteiger partial charge < -0.3 is 25.3 Å². The molecule has 3 aliphatic heterocycles. The van der Waals surface area contributed by atoms with Crippen molar-refractivity contribution < 1.29 is 0 Å². The van der Waals surface area contributed by atoms with Crippen LogP contribution in [0.2, 0.25) is 0 Å². The Bertz CT molecular complexity index is 3830. The highest BCUT2D eigenvalue weighted by Gasteiger charge is 2.26. The first-order valence-electron chi connectivity index (χ1n) is 23.4. The average Bonchev–Trinajstić information content (AvgIpc) is 4.19. The van der Waals surface area contributed by atoms with Gasteiger partial charge in [0, 0.05) is 110 Å². The lowest BCUT2D eigenvalue weighted by atomic mass is 9.92. The lowest BCUT2D eigenvalue weighted by Gasteiger charge is -2.18. The van der Waals surface area contributed by atoms with Crippen LogP contribution in [0.4, 0.5) is 5.69 Å². The number of nitrogens with zero attached hydrogens (tertiary/aromatic N) is 5. The van der Waals surface area contributed by atoms with E-state index >= 15 is 0 Å². The summed E-state index contributed by atoms with van der Waals surface area (Å²) < 4.78 is 0. The van der Waals surface area contributed by atoms with Crippen molar-refractivity contribution >= 4 is 77.9 Å². The summed E-state index contributed by atoms with van der Waals surface area (Å²) >= 11 is 0. The third kappa shape index (κ3) is 6.42. The largest absolute Gasteiger partial charge is 0.359 e. The second-order valence-electron chi connectivity index (χ2n) is 18.6. The molecular formula is C57H48N10. The molecular weight excluding hydrogens is 825 g/mol. The SMILES string of the molecule is C=C1Cc2ccc([nH]2)C2=CC=C3C(=Nc4cc5nc6c(ccc7c6nc5c5nc6c(ccc(c6nc45)-c4ccc([nH]4)Cc4ccc3[nH]4)-c3ccc([nH]3)C/C(C(C)CC)=C/C=C/7C)/C(=C/C)N1)C2. The van der Waals surface area contributed by atoms with Crippen LogP contribution in [0, 0.1) is 5.92 Å². The Kier molecular flexibility index (Phi) is 8.77. The number of fused-ring (bicyclic) bond motifs is 13. The zero-order chi connectivity index (χ0) is 45.1. The summed E-state index contributed by atoms with van der Waals surface area (Å²) in [6, 6.07) is 28.2. The summed E-state index contributed by atoms with van der Waals surface area (Å²) in [5.74, 6) is 0.382. The van der Waals surface area contributed by atoms with E-state index in [1.807, 2.05) is 0 Å². The number of aliphatic imine (C=N–C) groups is 1. The molecule has 326 valence electrons. The van der Waals surface area contributed by atoms with Crippen molar-refractivity contribution in [2.45, 2.75) is 59.8 Å². The van der Waals surface area contributed by atoms with Crippen molar-refractivity contribution in [3.8, 4) is 22.5 Å². The highest BCUT2D eigenvalue weighted by molar-refractivity contribution is 6.29. The van der Waals surface area contributed by atoms with E-state index in [0.29, 0.717) is 52.9 Å². The molecule has 5 N–H and O–H groups in total. The van der Waals surface area contributed by atoms with Gasteiger partial charge in [0.2, 0.25) is 0 Å². The Labute approximate surface area is 387 Å². The summed E-state index contributed by atoms with van der Waals surface area (Å²) in [5.41, 5.74) is 26.1. The standard InChI is InChI=1S/C57H48N10/c1-6-29(3)32-9-8-30(4)38-16-17-40-43(7-2)58-31(5)24-34-11-20-44(59-34)33-10-15-39-45-21-13-36(61-45)27-37-14-23-47(62-37)41-18-19-42(46-22-12-35(25-32)60-46)54-53(41)66-55-49(63-48(39)26-33)28-50-56(57(55)67-54)65-51(38)52(40)64-50/h7-23,28-29,58-62H,5-6,24-27H2,1-4H3/b30-8+,32-9-,43-7-,63-48?. The van der Waals surface area contributed by atoms with Gasteiger partial charge in [0.25, 0.3) is 0 Å². The van der Waals surface area contributed by atoms with Crippen molar-refractivity contribution in [2.24, 2.45) is 10.9 Å². The van der Waals surface area contributed by atoms with Crippen LogP contribution < -0.4 is 5.32 Å². The maximum atomic E-state index is 5.73. The molecule has 1 atom stereocenters. The fourth-order valence-corrected chi connectivity index (χ4v) is 10.4. The number of hydrogen-bond acceptors (Lipinski definition) is 6. The number of H-pyrrole nitrogens is 4. The van der Waals surface area contributed by atoms with E-state index in [2.05, 4.69) is 169 Å². The van der Waals surface area contributed by atoms with Gasteiger partial charge in [0.15, 0.2) is 0 Å². The minimum Gasteiger partial charge on any atom is -0.359 e. The number of hydrogen-bond donors (Lipinski definition) is 5. The molecule has 0 fully saturated rings. The maximum Gasteiger partial charge on any atom is 0.120 e. The molecule has 0 amide bonds. The molecule has 0 saturated carbocycles. The van der Waals surface area contributed by atoms with Gasteiger partial charge in [-0.25, -0.2) is 24.9 Å². The number of aromatic nitrogens is 8. The van der Waals surface area contributed by atoms with Crippen molar-refractivity contribution in [1.29, 1.82) is 0 Å². The molecule has 10 nitrogen and oxygen atoms in total. The first-order valence-corrected chi connectivity index (χ1v) is 23.4. The Morgan fingerprint density at radius 2 is 1.18 bits per heavy atom. The normalized spacial score (nSPS) is 18.3. The van der Waals surface area contributed by atoms with Gasteiger partial charge in [0.1, 0.15) is 16.6 Å². The zero-order valence-corrected chi connectivity index (χ0v) is 37.9. The molecule has 0 radical (unpaired) electrons. The molecule has 3 aromatic carbocycles. The first-order chi connectivity index (χ1) is 32.7. The van der Waals surface area contributed by atoms with Crippen LogP contribution in [-0.2, 0) is 19.3 Å². The third-order valence-corrected chi connectivity index (χ3v) is 14.3. The number of aromatic amines is 4. The van der Waals surface area contributed by atoms with E-state index in [-0.39, 0.29) is 0 Å². The molecule has 9 heterocycles. The lowest BCUT2D eigenvalue weighted by Crippen LogP contribution is -2.14. The van der Waals surface area contributed by atoms with E-state index in [1.54, 1.807) is 0 Å². The Hall–Kier alpha value is -8.11. The topological polar surface area (TPSA) is 139 Å². The Morgan fingerprint density at radius 3 is 1.93 bits per heavy atom. The predicted octanol–water partition coefficient (Wildman–Crippen LogP) is 13.0. The minimum atomic E-state index is 0.382. The van der Waals surface area contributed by atoms with Gasteiger partial charge in [-0.15, -0.1) is 0 Å². The van der Waals surface area contributed by atoms with Crippen LogP contribution in [0.1, 0.15) is 85.8 Å². The van der Waals surface area contributed by atoms with E-state index in [9.17, 15) is 0 Å². The minimum absolute atomic E-state index is 0.382. The Balaban J connectivity index is 1.21. The molecule has 0 spiro atoms. The molecule has 1 aliphatic carbocycles. The van der Waals surface area contributed by atoms with Crippen LogP contribution in [0.15, 0.2) is 132 Å². The lowest BCUT2D eigenvalue weighted by molar-refractivity contribution is 0.636. The molecule has 19 bridgehead atoms. The number of benzene rings is 3. The van der Waals surface area contributed by atoms with Crippen LogP contribution in [0.25, 0.3) is 89.1 Å². The van der Waals surface area contributed by atoms with Crippen LogP contribution >= 0.6 is 0 Å². The third-order valence-electron chi connectivity index (χ3n) is 14.3. The maximum absolute atomic E-state index is 5.73. The van der Waals surface area contributed by atoms with Crippen molar-refractivity contribution in [2.75, 3.05) is 0 Å². The van der Waals surface area contributed by atoms with E-state index in [1.165, 1.54) is 5.57 Å². The highest BCUT2D eigenvalue weighted by atomic mass is 14.9. The summed E-state index contributed by atoms with van der Waals surface area (Å²) in [7, 11) is 0. The van der Waals surface area contributed by atoms with Gasteiger partial charge in [-0.05, 0) is 110 Å². The van der Waals surface area contributed by atoms with Crippen molar-refractivity contribution in [1.82, 2.24) is 45.2 Å². The van der Waals surface area contributed by atoms with Gasteiger partial charge in [-0.1, -0.05) is 62.4 Å².